The number of fused-ring (bicyclic) bond motifs is 1. The first kappa shape index (κ1) is 22.2. The molecule has 0 radical (unpaired) electrons. The summed E-state index contributed by atoms with van der Waals surface area (Å²) in [5, 5.41) is 2.88. The van der Waals surface area contributed by atoms with Crippen LogP contribution in [0.1, 0.15) is 67.6 Å². The summed E-state index contributed by atoms with van der Waals surface area (Å²) in [4.78, 5) is 27.3. The zero-order valence-corrected chi connectivity index (χ0v) is 19.1. The van der Waals surface area contributed by atoms with Crippen LogP contribution in [0, 0.1) is 0 Å². The monoisotopic (exact) mass is 436 g/mol. The van der Waals surface area contributed by atoms with Gasteiger partial charge in [0.05, 0.1) is 6.04 Å². The predicted octanol–water partition coefficient (Wildman–Crippen LogP) is 4.24. The van der Waals surface area contributed by atoms with E-state index in [1.54, 1.807) is 0 Å². The first-order valence-electron chi connectivity index (χ1n) is 11.4. The lowest BCUT2D eigenvalue weighted by molar-refractivity contribution is -0.132. The van der Waals surface area contributed by atoms with E-state index in [0.717, 1.165) is 36.4 Å². The van der Waals surface area contributed by atoms with Crippen molar-refractivity contribution >= 4 is 11.8 Å². The van der Waals surface area contributed by atoms with Crippen LogP contribution in [0.5, 0.6) is 11.5 Å². The highest BCUT2D eigenvalue weighted by atomic mass is 16.6. The second-order valence-corrected chi connectivity index (χ2v) is 9.48. The number of rotatable bonds is 5. The van der Waals surface area contributed by atoms with Gasteiger partial charge in [-0.15, -0.1) is 0 Å². The molecule has 0 aromatic heterocycles. The molecule has 0 bridgehead atoms. The third-order valence-corrected chi connectivity index (χ3v) is 6.16. The Balaban J connectivity index is 1.32. The van der Waals surface area contributed by atoms with Gasteiger partial charge in [-0.1, -0.05) is 39.0 Å². The number of likely N-dealkylation sites (tertiary alicyclic amines) is 1. The third-order valence-electron chi connectivity index (χ3n) is 6.16. The quantitative estimate of drug-likeness (QED) is 0.761. The van der Waals surface area contributed by atoms with Crippen LogP contribution in [0.2, 0.25) is 0 Å². The first-order valence-corrected chi connectivity index (χ1v) is 11.4. The van der Waals surface area contributed by atoms with Crippen molar-refractivity contribution in [3.05, 3.63) is 59.2 Å². The molecule has 4 rings (SSSR count). The molecule has 1 N–H and O–H groups in total. The molecule has 0 unspecified atom stereocenters. The van der Waals surface area contributed by atoms with Crippen LogP contribution in [0.25, 0.3) is 0 Å². The molecule has 2 heterocycles. The summed E-state index contributed by atoms with van der Waals surface area (Å²) in [6, 6.07) is 13.6. The molecule has 1 atom stereocenters. The summed E-state index contributed by atoms with van der Waals surface area (Å²) in [5.41, 5.74) is 2.91. The average Bonchev–Trinajstić information content (AvgIpc) is 3.28. The van der Waals surface area contributed by atoms with Gasteiger partial charge in [0.15, 0.2) is 11.5 Å². The van der Waals surface area contributed by atoms with Gasteiger partial charge in [0.1, 0.15) is 13.2 Å². The second kappa shape index (κ2) is 9.23. The molecule has 1 saturated heterocycles. The maximum Gasteiger partial charge on any atom is 0.251 e. The van der Waals surface area contributed by atoms with Crippen LogP contribution in [-0.2, 0) is 10.2 Å². The minimum absolute atomic E-state index is 0.0407. The number of hydrogen-bond donors (Lipinski definition) is 1. The van der Waals surface area contributed by atoms with Crippen molar-refractivity contribution in [1.29, 1.82) is 0 Å². The lowest BCUT2D eigenvalue weighted by Crippen LogP contribution is -2.34. The number of amides is 2. The fourth-order valence-corrected chi connectivity index (χ4v) is 4.33. The van der Waals surface area contributed by atoms with E-state index >= 15 is 0 Å². The first-order chi connectivity index (χ1) is 15.3. The van der Waals surface area contributed by atoms with Crippen molar-refractivity contribution in [2.24, 2.45) is 0 Å². The fraction of sp³-hybridized carbons (Fsp3) is 0.462. The zero-order chi connectivity index (χ0) is 22.7. The molecular weight excluding hydrogens is 404 g/mol. The smallest absolute Gasteiger partial charge is 0.251 e. The summed E-state index contributed by atoms with van der Waals surface area (Å²) in [6.07, 6.45) is 2.18. The Kier molecular flexibility index (Phi) is 6.40. The fourth-order valence-electron chi connectivity index (χ4n) is 4.33. The largest absolute Gasteiger partial charge is 0.486 e. The van der Waals surface area contributed by atoms with Gasteiger partial charge in [0.2, 0.25) is 5.91 Å². The van der Waals surface area contributed by atoms with Gasteiger partial charge in [0, 0.05) is 25.1 Å². The highest BCUT2D eigenvalue weighted by Crippen LogP contribution is 2.38. The maximum absolute atomic E-state index is 12.9. The van der Waals surface area contributed by atoms with Crippen molar-refractivity contribution in [2.75, 3.05) is 26.3 Å². The molecule has 6 nitrogen and oxygen atoms in total. The average molecular weight is 437 g/mol. The van der Waals surface area contributed by atoms with Gasteiger partial charge >= 0.3 is 0 Å². The minimum Gasteiger partial charge on any atom is -0.486 e. The van der Waals surface area contributed by atoms with E-state index in [9.17, 15) is 9.59 Å². The number of ether oxygens (including phenoxy) is 2. The molecular formula is C26H32N2O4. The molecule has 2 aromatic carbocycles. The number of nitrogens with zero attached hydrogens (tertiary/aromatic N) is 1. The molecule has 2 aromatic rings. The minimum atomic E-state index is -0.150. The Hall–Kier alpha value is -3.02. The zero-order valence-electron chi connectivity index (χ0n) is 19.1. The molecule has 6 heteroatoms. The van der Waals surface area contributed by atoms with Gasteiger partial charge < -0.3 is 19.7 Å². The van der Waals surface area contributed by atoms with Crippen LogP contribution in [-0.4, -0.2) is 43.0 Å². The lowest BCUT2D eigenvalue weighted by Gasteiger charge is -2.27. The van der Waals surface area contributed by atoms with E-state index < -0.39 is 0 Å². The van der Waals surface area contributed by atoms with E-state index in [1.807, 2.05) is 47.4 Å². The number of carbonyl (C=O) groups excluding carboxylic acids is 2. The SMILES string of the molecule is CC(C)(C)c1ccc(C(=O)NCCC(=O)N2CCC[C@@H]2c2ccc3c(c2)OCCO3)cc1. The van der Waals surface area contributed by atoms with Crippen molar-refractivity contribution in [3.8, 4) is 11.5 Å². The van der Waals surface area contributed by atoms with E-state index in [0.29, 0.717) is 25.3 Å². The van der Waals surface area contributed by atoms with Crippen molar-refractivity contribution in [3.63, 3.8) is 0 Å². The maximum atomic E-state index is 12.9. The van der Waals surface area contributed by atoms with Crippen molar-refractivity contribution < 1.29 is 19.1 Å². The summed E-state index contributed by atoms with van der Waals surface area (Å²) in [5.74, 6) is 1.42. The Morgan fingerprint density at radius 2 is 1.75 bits per heavy atom. The summed E-state index contributed by atoms with van der Waals surface area (Å²) in [6.45, 7) is 8.59. The predicted molar refractivity (Wildman–Crippen MR) is 123 cm³/mol. The summed E-state index contributed by atoms with van der Waals surface area (Å²) >= 11 is 0. The van der Waals surface area contributed by atoms with Crippen LogP contribution in [0.15, 0.2) is 42.5 Å². The van der Waals surface area contributed by atoms with Crippen LogP contribution in [0.4, 0.5) is 0 Å². The Morgan fingerprint density at radius 1 is 1.03 bits per heavy atom. The molecule has 170 valence electrons. The number of carbonyl (C=O) groups is 2. The van der Waals surface area contributed by atoms with Gasteiger partial charge in [-0.3, -0.25) is 9.59 Å². The van der Waals surface area contributed by atoms with E-state index in [2.05, 4.69) is 26.1 Å². The van der Waals surface area contributed by atoms with Gasteiger partial charge in [-0.25, -0.2) is 0 Å². The topological polar surface area (TPSA) is 67.9 Å². The van der Waals surface area contributed by atoms with Gasteiger partial charge in [-0.2, -0.15) is 0 Å². The second-order valence-electron chi connectivity index (χ2n) is 9.48. The van der Waals surface area contributed by atoms with Gasteiger partial charge in [0.25, 0.3) is 5.91 Å². The summed E-state index contributed by atoms with van der Waals surface area (Å²) in [7, 11) is 0. The highest BCUT2D eigenvalue weighted by Gasteiger charge is 2.30. The van der Waals surface area contributed by atoms with Crippen molar-refractivity contribution in [1.82, 2.24) is 10.2 Å². The van der Waals surface area contributed by atoms with E-state index in [1.165, 1.54) is 5.56 Å². The molecule has 0 aliphatic carbocycles. The third kappa shape index (κ3) is 4.90. The van der Waals surface area contributed by atoms with Crippen LogP contribution in [0.3, 0.4) is 0 Å². The Morgan fingerprint density at radius 3 is 2.47 bits per heavy atom. The number of nitrogens with one attached hydrogen (secondary N) is 1. The van der Waals surface area contributed by atoms with Crippen molar-refractivity contribution in [2.45, 2.75) is 51.5 Å². The van der Waals surface area contributed by atoms with E-state index in [-0.39, 0.29) is 29.7 Å². The van der Waals surface area contributed by atoms with Crippen LogP contribution >= 0.6 is 0 Å². The molecule has 1 fully saturated rings. The van der Waals surface area contributed by atoms with E-state index in [4.69, 9.17) is 9.47 Å². The molecule has 32 heavy (non-hydrogen) atoms. The van der Waals surface area contributed by atoms with Crippen LogP contribution < -0.4 is 14.8 Å². The molecule has 2 aliphatic heterocycles. The number of hydrogen-bond acceptors (Lipinski definition) is 4. The lowest BCUT2D eigenvalue weighted by atomic mass is 9.87. The Bertz CT molecular complexity index is 978. The normalized spacial score (nSPS) is 17.8. The summed E-state index contributed by atoms with van der Waals surface area (Å²) < 4.78 is 11.3. The highest BCUT2D eigenvalue weighted by molar-refractivity contribution is 5.94. The Labute approximate surface area is 189 Å². The molecule has 2 aliphatic rings. The number of benzene rings is 2. The van der Waals surface area contributed by atoms with Gasteiger partial charge in [-0.05, 0) is 53.6 Å². The molecule has 2 amide bonds. The standard InChI is InChI=1S/C26H32N2O4/c1-26(2,3)20-9-6-18(7-10-20)25(30)27-13-12-24(29)28-14-4-5-21(28)19-8-11-22-23(17-19)32-16-15-31-22/h6-11,17,21H,4-5,12-16H2,1-3H3,(H,27,30)/t21-/m1/s1. The molecule has 0 spiro atoms. The molecule has 0 saturated carbocycles.